The van der Waals surface area contributed by atoms with Crippen molar-refractivity contribution in [1.82, 2.24) is 9.55 Å². The van der Waals surface area contributed by atoms with Crippen LogP contribution in [0.5, 0.6) is 0 Å². The van der Waals surface area contributed by atoms with Crippen molar-refractivity contribution >= 4 is 17.6 Å². The highest BCUT2D eigenvalue weighted by Crippen LogP contribution is 2.27. The Kier molecular flexibility index (Phi) is 5.58. The number of ether oxygens (including phenoxy) is 2. The number of carbonyl (C=O) groups is 2. The van der Waals surface area contributed by atoms with Gasteiger partial charge in [0.25, 0.3) is 5.69 Å². The third-order valence-electron chi connectivity index (χ3n) is 3.29. The molecule has 0 amide bonds. The van der Waals surface area contributed by atoms with E-state index in [-0.39, 0.29) is 22.8 Å². The van der Waals surface area contributed by atoms with Crippen LogP contribution in [0, 0.1) is 10.1 Å². The number of aromatic nitrogens is 2. The van der Waals surface area contributed by atoms with Crippen molar-refractivity contribution in [2.24, 2.45) is 0 Å². The smallest absolute Gasteiger partial charge is 0.360 e. The molecule has 0 bridgehead atoms. The molecule has 0 atom stereocenters. The molecule has 9 nitrogen and oxygen atoms in total. The van der Waals surface area contributed by atoms with Gasteiger partial charge in [0.05, 0.1) is 4.92 Å². The van der Waals surface area contributed by atoms with Crippen molar-refractivity contribution in [3.05, 3.63) is 52.1 Å². The Hall–Kier alpha value is -3.23. The van der Waals surface area contributed by atoms with Gasteiger partial charge in [0.15, 0.2) is 11.4 Å². The van der Waals surface area contributed by atoms with Crippen LogP contribution in [0.3, 0.4) is 0 Å². The van der Waals surface area contributed by atoms with Crippen LogP contribution in [-0.4, -0.2) is 37.6 Å². The lowest BCUT2D eigenvalue weighted by Gasteiger charge is -2.21. The van der Waals surface area contributed by atoms with Crippen LogP contribution in [0.25, 0.3) is 5.69 Å². The first-order valence-electron chi connectivity index (χ1n) is 8.58. The van der Waals surface area contributed by atoms with Crippen LogP contribution in [-0.2, 0) is 9.47 Å². The lowest BCUT2D eigenvalue weighted by Crippen LogP contribution is -2.29. The van der Waals surface area contributed by atoms with E-state index in [1.165, 1.54) is 29.1 Å². The molecule has 0 aliphatic rings. The quantitative estimate of drug-likeness (QED) is 0.445. The molecular weight excluding hydrogens is 366 g/mol. The molecule has 0 N–H and O–H groups in total. The summed E-state index contributed by atoms with van der Waals surface area (Å²) in [5.74, 6) is -1.67. The number of hydrogen-bond acceptors (Lipinski definition) is 7. The van der Waals surface area contributed by atoms with Crippen molar-refractivity contribution in [3.63, 3.8) is 0 Å². The summed E-state index contributed by atoms with van der Waals surface area (Å²) in [7, 11) is 0. The Morgan fingerprint density at radius 1 is 1.00 bits per heavy atom. The first-order valence-corrected chi connectivity index (χ1v) is 8.58. The number of para-hydroxylation sites is 2. The summed E-state index contributed by atoms with van der Waals surface area (Å²) in [6, 6.07) is 5.82. The summed E-state index contributed by atoms with van der Waals surface area (Å²) < 4.78 is 11.9. The zero-order chi connectivity index (χ0) is 21.3. The molecule has 2 rings (SSSR count). The van der Waals surface area contributed by atoms with Crippen molar-refractivity contribution in [2.45, 2.75) is 52.7 Å². The first kappa shape index (κ1) is 21.1. The summed E-state index contributed by atoms with van der Waals surface area (Å²) >= 11 is 0. The van der Waals surface area contributed by atoms with Gasteiger partial charge in [0.2, 0.25) is 0 Å². The van der Waals surface area contributed by atoms with E-state index in [0.717, 1.165) is 0 Å². The number of carbonyl (C=O) groups excluding carboxylic acids is 2. The molecule has 2 aromatic rings. The van der Waals surface area contributed by atoms with Gasteiger partial charge in [-0.05, 0) is 47.6 Å². The van der Waals surface area contributed by atoms with Crippen LogP contribution < -0.4 is 0 Å². The maximum atomic E-state index is 12.8. The summed E-state index contributed by atoms with van der Waals surface area (Å²) in [6.45, 7) is 10.0. The number of hydrogen-bond donors (Lipinski definition) is 0. The Bertz CT molecular complexity index is 918. The van der Waals surface area contributed by atoms with E-state index in [2.05, 4.69) is 4.98 Å². The minimum absolute atomic E-state index is 0.0793. The fraction of sp³-hybridized carbons (Fsp3) is 0.421. The van der Waals surface area contributed by atoms with E-state index in [1.807, 2.05) is 0 Å². The van der Waals surface area contributed by atoms with Gasteiger partial charge in [0.1, 0.15) is 23.2 Å². The topological polar surface area (TPSA) is 114 Å². The third kappa shape index (κ3) is 4.93. The van der Waals surface area contributed by atoms with Gasteiger partial charge in [-0.15, -0.1) is 0 Å². The zero-order valence-electron chi connectivity index (χ0n) is 16.7. The number of esters is 2. The lowest BCUT2D eigenvalue weighted by molar-refractivity contribution is -0.384. The van der Waals surface area contributed by atoms with E-state index in [1.54, 1.807) is 47.6 Å². The van der Waals surface area contributed by atoms with E-state index < -0.39 is 28.1 Å². The van der Waals surface area contributed by atoms with Gasteiger partial charge < -0.3 is 9.47 Å². The van der Waals surface area contributed by atoms with Crippen LogP contribution in [0.1, 0.15) is 62.5 Å². The minimum Gasteiger partial charge on any atom is -0.455 e. The molecule has 0 unspecified atom stereocenters. The fourth-order valence-electron chi connectivity index (χ4n) is 2.35. The Morgan fingerprint density at radius 2 is 1.54 bits per heavy atom. The molecule has 0 saturated carbocycles. The second-order valence-corrected chi connectivity index (χ2v) is 8.06. The molecule has 150 valence electrons. The summed E-state index contributed by atoms with van der Waals surface area (Å²) in [4.78, 5) is 40.2. The normalized spacial score (nSPS) is 11.8. The van der Waals surface area contributed by atoms with Gasteiger partial charge in [-0.2, -0.15) is 0 Å². The molecule has 0 aliphatic heterocycles. The van der Waals surface area contributed by atoms with Crippen molar-refractivity contribution in [3.8, 4) is 5.69 Å². The Balaban J connectivity index is 2.66. The second-order valence-electron chi connectivity index (χ2n) is 8.06. The predicted octanol–water partition coefficient (Wildman–Crippen LogP) is 3.69. The Labute approximate surface area is 162 Å². The monoisotopic (exact) mass is 389 g/mol. The van der Waals surface area contributed by atoms with Crippen molar-refractivity contribution in [2.75, 3.05) is 0 Å². The maximum Gasteiger partial charge on any atom is 0.360 e. The van der Waals surface area contributed by atoms with Gasteiger partial charge in [0, 0.05) is 6.07 Å². The molecule has 1 aromatic heterocycles. The van der Waals surface area contributed by atoms with Crippen molar-refractivity contribution in [1.29, 1.82) is 0 Å². The molecule has 0 fully saturated rings. The van der Waals surface area contributed by atoms with E-state index in [0.29, 0.717) is 0 Å². The predicted molar refractivity (Wildman–Crippen MR) is 101 cm³/mol. The first-order chi connectivity index (χ1) is 12.8. The zero-order valence-corrected chi connectivity index (χ0v) is 16.7. The lowest BCUT2D eigenvalue weighted by atomic mass is 10.2. The number of imidazole rings is 1. The van der Waals surface area contributed by atoms with E-state index >= 15 is 0 Å². The average Bonchev–Trinajstić information content (AvgIpc) is 2.96. The molecular formula is C19H23N3O6. The molecule has 0 aliphatic carbocycles. The molecule has 9 heteroatoms. The highest BCUT2D eigenvalue weighted by molar-refractivity contribution is 6.01. The van der Waals surface area contributed by atoms with Gasteiger partial charge >= 0.3 is 11.9 Å². The molecule has 0 spiro atoms. The minimum atomic E-state index is -0.847. The second kappa shape index (κ2) is 7.41. The SMILES string of the molecule is CC(C)(C)OC(=O)c1ncn(-c2ccccc2[N+](=O)[O-])c1C(=O)OC(C)(C)C. The number of rotatable bonds is 4. The summed E-state index contributed by atoms with van der Waals surface area (Å²) in [6.07, 6.45) is 1.17. The fourth-order valence-corrected chi connectivity index (χ4v) is 2.35. The molecule has 1 heterocycles. The average molecular weight is 389 g/mol. The van der Waals surface area contributed by atoms with Gasteiger partial charge in [-0.3, -0.25) is 14.7 Å². The van der Waals surface area contributed by atoms with E-state index in [9.17, 15) is 19.7 Å². The van der Waals surface area contributed by atoms with Gasteiger partial charge in [-0.25, -0.2) is 14.6 Å². The highest BCUT2D eigenvalue weighted by Gasteiger charge is 2.33. The largest absolute Gasteiger partial charge is 0.455 e. The van der Waals surface area contributed by atoms with Gasteiger partial charge in [-0.1, -0.05) is 12.1 Å². The van der Waals surface area contributed by atoms with Crippen LogP contribution >= 0.6 is 0 Å². The molecule has 28 heavy (non-hydrogen) atoms. The maximum absolute atomic E-state index is 12.8. The standard InChI is InChI=1S/C19H23N3O6/c1-18(2,3)27-16(23)14-15(17(24)28-19(4,5)6)21(11-20-14)12-9-7-8-10-13(12)22(25)26/h7-11H,1-6H3. The number of benzene rings is 1. The number of nitrogens with zero attached hydrogens (tertiary/aromatic N) is 3. The third-order valence-corrected chi connectivity index (χ3v) is 3.29. The molecule has 1 aromatic carbocycles. The van der Waals surface area contributed by atoms with Crippen LogP contribution in [0.15, 0.2) is 30.6 Å². The van der Waals surface area contributed by atoms with E-state index in [4.69, 9.17) is 9.47 Å². The summed E-state index contributed by atoms with van der Waals surface area (Å²) in [5, 5.41) is 11.4. The van der Waals surface area contributed by atoms with Crippen LogP contribution in [0.2, 0.25) is 0 Å². The van der Waals surface area contributed by atoms with Crippen LogP contribution in [0.4, 0.5) is 5.69 Å². The highest BCUT2D eigenvalue weighted by atomic mass is 16.6. The van der Waals surface area contributed by atoms with Crippen molar-refractivity contribution < 1.29 is 24.0 Å². The number of nitro benzene ring substituents is 1. The summed E-state index contributed by atoms with van der Waals surface area (Å²) in [5.41, 5.74) is -2.35. The molecule has 0 saturated heterocycles. The molecule has 0 radical (unpaired) electrons. The Morgan fingerprint density at radius 3 is 2.07 bits per heavy atom. The number of nitro groups is 1.